The Morgan fingerprint density at radius 3 is 2.77 bits per heavy atom. The van der Waals surface area contributed by atoms with Gasteiger partial charge in [0.15, 0.2) is 15.0 Å². The molecule has 1 fully saturated rings. The second kappa shape index (κ2) is 6.91. The molecule has 1 saturated heterocycles. The molecule has 0 aromatic heterocycles. The molecular weight excluding hydrogens is 388 g/mol. The van der Waals surface area contributed by atoms with Crippen molar-refractivity contribution >= 4 is 44.1 Å². The third-order valence-corrected chi connectivity index (χ3v) is 7.76. The number of aliphatic imine (C=N–C) groups is 1. The maximum atomic E-state index is 12.1. The zero-order valence-electron chi connectivity index (χ0n) is 14.3. The fourth-order valence-corrected chi connectivity index (χ4v) is 6.70. The molecule has 0 radical (unpaired) electrons. The van der Waals surface area contributed by atoms with Crippen LogP contribution in [0.4, 0.5) is 5.69 Å². The number of aryl methyl sites for hydroxylation is 1. The zero-order chi connectivity index (χ0) is 18.3. The molecule has 0 amide bonds. The first-order valence-corrected chi connectivity index (χ1v) is 11.6. The fraction of sp³-hybridized carbons (Fsp3) is 0.316. The number of amidine groups is 1. The Morgan fingerprint density at radius 2 is 2.00 bits per heavy atom. The number of fused-ring (bicyclic) bond motifs is 1. The number of hydrogen-bond donors (Lipinski definition) is 0. The summed E-state index contributed by atoms with van der Waals surface area (Å²) in [4.78, 5) is 6.82. The molecule has 0 saturated carbocycles. The summed E-state index contributed by atoms with van der Waals surface area (Å²) in [7, 11) is -3.04. The van der Waals surface area contributed by atoms with Gasteiger partial charge in [-0.2, -0.15) is 0 Å². The highest BCUT2D eigenvalue weighted by Gasteiger charge is 2.47. The van der Waals surface area contributed by atoms with Crippen LogP contribution < -0.4 is 4.90 Å². The lowest BCUT2D eigenvalue weighted by atomic mass is 10.1. The van der Waals surface area contributed by atoms with Crippen molar-refractivity contribution in [1.29, 1.82) is 0 Å². The Hall–Kier alpha value is -1.50. The molecule has 2 aliphatic rings. The van der Waals surface area contributed by atoms with Gasteiger partial charge in [-0.05, 0) is 36.2 Å². The summed E-state index contributed by atoms with van der Waals surface area (Å²) in [6, 6.07) is 15.5. The summed E-state index contributed by atoms with van der Waals surface area (Å²) in [6.07, 6.45) is 0. The van der Waals surface area contributed by atoms with Crippen molar-refractivity contribution in [3.8, 4) is 0 Å². The van der Waals surface area contributed by atoms with Gasteiger partial charge in [0.25, 0.3) is 0 Å². The summed E-state index contributed by atoms with van der Waals surface area (Å²) in [5.74, 6) is 1.07. The molecule has 136 valence electrons. The number of hydrogen-bond acceptors (Lipinski definition) is 5. The zero-order valence-corrected chi connectivity index (χ0v) is 16.7. The lowest BCUT2D eigenvalue weighted by Crippen LogP contribution is -2.39. The van der Waals surface area contributed by atoms with Gasteiger partial charge in [-0.1, -0.05) is 53.7 Å². The van der Waals surface area contributed by atoms with Gasteiger partial charge in [-0.25, -0.2) is 8.42 Å². The van der Waals surface area contributed by atoms with E-state index in [9.17, 15) is 8.42 Å². The van der Waals surface area contributed by atoms with Crippen molar-refractivity contribution in [2.75, 3.05) is 16.4 Å². The monoisotopic (exact) mass is 406 g/mol. The summed E-state index contributed by atoms with van der Waals surface area (Å²) < 4.78 is 24.2. The first kappa shape index (κ1) is 17.9. The molecule has 0 spiro atoms. The number of sulfone groups is 1. The minimum Gasteiger partial charge on any atom is -0.315 e. The molecule has 2 aliphatic heterocycles. The standard InChI is InChI=1S/C19H19ClN2O2S2/c1-13-5-2-3-6-14(13)10-25-19-21-17-11-26(23,24)12-18(17)22(19)16-8-4-7-15(20)9-16/h2-9,17-18H,10-12H2,1H3/t17-,18+/m1/s1. The highest BCUT2D eigenvalue weighted by atomic mass is 35.5. The Balaban J connectivity index is 1.64. The lowest BCUT2D eigenvalue weighted by Gasteiger charge is -2.26. The van der Waals surface area contributed by atoms with E-state index in [0.717, 1.165) is 16.6 Å². The van der Waals surface area contributed by atoms with Gasteiger partial charge in [0, 0.05) is 16.5 Å². The number of halogens is 1. The van der Waals surface area contributed by atoms with E-state index in [0.29, 0.717) is 5.02 Å². The minimum absolute atomic E-state index is 0.128. The number of benzene rings is 2. The van der Waals surface area contributed by atoms with Crippen LogP contribution in [-0.2, 0) is 15.6 Å². The molecule has 2 aromatic carbocycles. The van der Waals surface area contributed by atoms with Crippen LogP contribution in [0.1, 0.15) is 11.1 Å². The van der Waals surface area contributed by atoms with E-state index in [-0.39, 0.29) is 23.6 Å². The fourth-order valence-electron chi connectivity index (χ4n) is 3.48. The van der Waals surface area contributed by atoms with Gasteiger partial charge >= 0.3 is 0 Å². The third kappa shape index (κ3) is 3.50. The van der Waals surface area contributed by atoms with Crippen molar-refractivity contribution in [2.45, 2.75) is 24.8 Å². The normalized spacial score (nSPS) is 23.8. The highest BCUT2D eigenvalue weighted by Crippen LogP contribution is 2.36. The van der Waals surface area contributed by atoms with Crippen LogP contribution in [0.25, 0.3) is 0 Å². The van der Waals surface area contributed by atoms with Gasteiger partial charge in [0.1, 0.15) is 0 Å². The number of rotatable bonds is 3. The van der Waals surface area contributed by atoms with Crippen molar-refractivity contribution in [1.82, 2.24) is 0 Å². The second-order valence-electron chi connectivity index (χ2n) is 6.69. The van der Waals surface area contributed by atoms with Crippen molar-refractivity contribution in [3.63, 3.8) is 0 Å². The molecule has 7 heteroatoms. The van der Waals surface area contributed by atoms with Crippen LogP contribution in [0, 0.1) is 6.92 Å². The van der Waals surface area contributed by atoms with Crippen LogP contribution in [0.15, 0.2) is 53.5 Å². The molecule has 4 nitrogen and oxygen atoms in total. The van der Waals surface area contributed by atoms with Crippen LogP contribution in [-0.4, -0.2) is 37.2 Å². The largest absolute Gasteiger partial charge is 0.315 e. The average Bonchev–Trinajstić information content (AvgIpc) is 3.05. The molecule has 2 atom stereocenters. The Morgan fingerprint density at radius 1 is 1.19 bits per heavy atom. The van der Waals surface area contributed by atoms with Gasteiger partial charge < -0.3 is 4.90 Å². The summed E-state index contributed by atoms with van der Waals surface area (Å²) in [5.41, 5.74) is 3.41. The second-order valence-corrected chi connectivity index (χ2v) is 10.2. The average molecular weight is 407 g/mol. The Kier molecular flexibility index (Phi) is 4.75. The third-order valence-electron chi connectivity index (χ3n) is 4.81. The molecule has 2 aromatic rings. The smallest absolute Gasteiger partial charge is 0.164 e. The maximum Gasteiger partial charge on any atom is 0.164 e. The summed E-state index contributed by atoms with van der Waals surface area (Å²) in [6.45, 7) is 2.10. The van der Waals surface area contributed by atoms with Crippen LogP contribution >= 0.6 is 23.4 Å². The quantitative estimate of drug-likeness (QED) is 0.775. The first-order valence-electron chi connectivity index (χ1n) is 8.43. The highest BCUT2D eigenvalue weighted by molar-refractivity contribution is 8.13. The molecule has 2 heterocycles. The van der Waals surface area contributed by atoms with Gasteiger partial charge in [-0.3, -0.25) is 4.99 Å². The Labute approximate surface area is 163 Å². The molecular formula is C19H19ClN2O2S2. The summed E-state index contributed by atoms with van der Waals surface area (Å²) >= 11 is 7.83. The molecule has 0 aliphatic carbocycles. The molecule has 0 unspecified atom stereocenters. The predicted octanol–water partition coefficient (Wildman–Crippen LogP) is 3.92. The topological polar surface area (TPSA) is 49.7 Å². The van der Waals surface area contributed by atoms with Crippen LogP contribution in [0.5, 0.6) is 0 Å². The van der Waals surface area contributed by atoms with Crippen LogP contribution in [0.3, 0.4) is 0 Å². The van der Waals surface area contributed by atoms with E-state index in [1.165, 1.54) is 11.1 Å². The predicted molar refractivity (Wildman–Crippen MR) is 110 cm³/mol. The summed E-state index contributed by atoms with van der Waals surface area (Å²) in [5, 5.41) is 1.51. The molecule has 0 bridgehead atoms. The van der Waals surface area contributed by atoms with Crippen molar-refractivity contribution in [3.05, 3.63) is 64.7 Å². The van der Waals surface area contributed by atoms with Crippen LogP contribution in [0.2, 0.25) is 5.02 Å². The van der Waals surface area contributed by atoms with E-state index in [4.69, 9.17) is 16.6 Å². The van der Waals surface area contributed by atoms with E-state index in [1.54, 1.807) is 11.8 Å². The van der Waals surface area contributed by atoms with Crippen molar-refractivity contribution < 1.29 is 8.42 Å². The van der Waals surface area contributed by atoms with E-state index < -0.39 is 9.84 Å². The number of thioether (sulfide) groups is 1. The first-order chi connectivity index (χ1) is 12.4. The Bertz CT molecular complexity index is 975. The number of anilines is 1. The van der Waals surface area contributed by atoms with E-state index in [2.05, 4.69) is 24.0 Å². The lowest BCUT2D eigenvalue weighted by molar-refractivity contribution is 0.601. The molecule has 0 N–H and O–H groups in total. The van der Waals surface area contributed by atoms with Gasteiger partial charge in [0.2, 0.25) is 0 Å². The minimum atomic E-state index is -3.04. The SMILES string of the molecule is Cc1ccccc1CSC1=N[C@@H]2CS(=O)(=O)C[C@@H]2N1c1cccc(Cl)c1. The molecule has 26 heavy (non-hydrogen) atoms. The number of nitrogens with zero attached hydrogens (tertiary/aromatic N) is 2. The van der Waals surface area contributed by atoms with E-state index in [1.807, 2.05) is 36.4 Å². The maximum absolute atomic E-state index is 12.1. The van der Waals surface area contributed by atoms with Gasteiger partial charge in [-0.15, -0.1) is 0 Å². The van der Waals surface area contributed by atoms with E-state index >= 15 is 0 Å². The molecule has 4 rings (SSSR count). The van der Waals surface area contributed by atoms with Gasteiger partial charge in [0.05, 0.1) is 23.6 Å². The van der Waals surface area contributed by atoms with Crippen molar-refractivity contribution in [2.24, 2.45) is 4.99 Å².